The predicted octanol–water partition coefficient (Wildman–Crippen LogP) is 1.35. The highest BCUT2D eigenvalue weighted by Crippen LogP contribution is 2.17. The fraction of sp³-hybridized carbons (Fsp3) is 0.400. The van der Waals surface area contributed by atoms with Gasteiger partial charge in [0, 0.05) is 20.6 Å². The zero-order chi connectivity index (χ0) is 15.8. The SMILES string of the molecule is CN=C(NCCc1ccccc1OC)NCc1nncn1C.I. The van der Waals surface area contributed by atoms with Crippen LogP contribution in [-0.2, 0) is 20.0 Å². The summed E-state index contributed by atoms with van der Waals surface area (Å²) < 4.78 is 7.22. The Balaban J connectivity index is 0.00000264. The van der Waals surface area contributed by atoms with Crippen LogP contribution in [0.1, 0.15) is 11.4 Å². The van der Waals surface area contributed by atoms with Crippen LogP contribution in [0, 0.1) is 0 Å². The third-order valence-corrected chi connectivity index (χ3v) is 3.32. The van der Waals surface area contributed by atoms with E-state index in [2.05, 4.69) is 31.9 Å². The number of guanidine groups is 1. The second kappa shape index (κ2) is 10.0. The van der Waals surface area contributed by atoms with Crippen LogP contribution in [0.3, 0.4) is 0 Å². The fourth-order valence-electron chi connectivity index (χ4n) is 2.08. The highest BCUT2D eigenvalue weighted by molar-refractivity contribution is 14.0. The molecule has 8 heteroatoms. The molecule has 0 unspecified atom stereocenters. The summed E-state index contributed by atoms with van der Waals surface area (Å²) in [5, 5.41) is 14.4. The van der Waals surface area contributed by atoms with Crippen molar-refractivity contribution in [1.29, 1.82) is 0 Å². The second-order valence-electron chi connectivity index (χ2n) is 4.77. The van der Waals surface area contributed by atoms with E-state index in [0.717, 1.165) is 30.5 Å². The second-order valence-corrected chi connectivity index (χ2v) is 4.77. The first kappa shape index (κ1) is 19.2. The minimum atomic E-state index is 0. The molecule has 1 aromatic carbocycles. The minimum Gasteiger partial charge on any atom is -0.496 e. The van der Waals surface area contributed by atoms with E-state index in [9.17, 15) is 0 Å². The third-order valence-electron chi connectivity index (χ3n) is 3.32. The zero-order valence-corrected chi connectivity index (χ0v) is 15.9. The van der Waals surface area contributed by atoms with Gasteiger partial charge in [-0.05, 0) is 18.1 Å². The number of hydrogen-bond acceptors (Lipinski definition) is 4. The molecular weight excluding hydrogens is 407 g/mol. The lowest BCUT2D eigenvalue weighted by Crippen LogP contribution is -2.38. The van der Waals surface area contributed by atoms with E-state index >= 15 is 0 Å². The number of halogens is 1. The predicted molar refractivity (Wildman–Crippen MR) is 101 cm³/mol. The van der Waals surface area contributed by atoms with Crippen molar-refractivity contribution < 1.29 is 4.74 Å². The van der Waals surface area contributed by atoms with Gasteiger partial charge in [-0.3, -0.25) is 4.99 Å². The van der Waals surface area contributed by atoms with Gasteiger partial charge in [-0.2, -0.15) is 0 Å². The van der Waals surface area contributed by atoms with Crippen LogP contribution in [0.25, 0.3) is 0 Å². The first-order chi connectivity index (χ1) is 10.7. The van der Waals surface area contributed by atoms with Crippen molar-refractivity contribution in [1.82, 2.24) is 25.4 Å². The van der Waals surface area contributed by atoms with E-state index in [0.29, 0.717) is 6.54 Å². The molecule has 0 saturated heterocycles. The molecule has 2 rings (SSSR count). The number of hydrogen-bond donors (Lipinski definition) is 2. The van der Waals surface area contributed by atoms with Gasteiger partial charge in [0.25, 0.3) is 0 Å². The molecule has 126 valence electrons. The Morgan fingerprint density at radius 2 is 2.09 bits per heavy atom. The summed E-state index contributed by atoms with van der Waals surface area (Å²) in [6.45, 7) is 1.34. The number of aromatic nitrogens is 3. The van der Waals surface area contributed by atoms with Crippen LogP contribution >= 0.6 is 24.0 Å². The van der Waals surface area contributed by atoms with Gasteiger partial charge in [0.1, 0.15) is 12.1 Å². The third kappa shape index (κ3) is 5.70. The first-order valence-electron chi connectivity index (χ1n) is 7.14. The minimum absolute atomic E-state index is 0. The van der Waals surface area contributed by atoms with Gasteiger partial charge in [-0.15, -0.1) is 34.2 Å². The van der Waals surface area contributed by atoms with Crippen LogP contribution in [0.5, 0.6) is 5.75 Å². The van der Waals surface area contributed by atoms with Gasteiger partial charge in [-0.25, -0.2) is 0 Å². The zero-order valence-electron chi connectivity index (χ0n) is 13.6. The van der Waals surface area contributed by atoms with Crippen LogP contribution in [-0.4, -0.2) is 41.4 Å². The summed E-state index contributed by atoms with van der Waals surface area (Å²) in [6, 6.07) is 8.02. The number of para-hydroxylation sites is 1. The first-order valence-corrected chi connectivity index (χ1v) is 7.14. The number of aliphatic imine (C=N–C) groups is 1. The number of methoxy groups -OCH3 is 1. The van der Waals surface area contributed by atoms with Crippen molar-refractivity contribution in [2.24, 2.45) is 12.0 Å². The Labute approximate surface area is 153 Å². The Hall–Kier alpha value is -1.84. The normalized spacial score (nSPS) is 10.8. The molecule has 7 nitrogen and oxygen atoms in total. The van der Waals surface area contributed by atoms with Crippen LogP contribution < -0.4 is 15.4 Å². The van der Waals surface area contributed by atoms with Gasteiger partial charge in [0.05, 0.1) is 13.7 Å². The molecule has 2 aromatic rings. The number of benzene rings is 1. The van der Waals surface area contributed by atoms with Crippen LogP contribution in [0.4, 0.5) is 0 Å². The molecule has 0 bridgehead atoms. The van der Waals surface area contributed by atoms with E-state index in [1.165, 1.54) is 5.56 Å². The number of rotatable bonds is 6. The Kier molecular flexibility index (Phi) is 8.38. The van der Waals surface area contributed by atoms with Crippen molar-refractivity contribution in [3.05, 3.63) is 42.0 Å². The number of ether oxygens (including phenoxy) is 1. The molecule has 23 heavy (non-hydrogen) atoms. The maximum atomic E-state index is 5.35. The van der Waals surface area contributed by atoms with Crippen molar-refractivity contribution in [2.45, 2.75) is 13.0 Å². The summed E-state index contributed by atoms with van der Waals surface area (Å²) in [5.74, 6) is 2.50. The van der Waals surface area contributed by atoms with E-state index in [1.54, 1.807) is 20.5 Å². The van der Waals surface area contributed by atoms with E-state index in [4.69, 9.17) is 4.74 Å². The van der Waals surface area contributed by atoms with Gasteiger partial charge in [0.2, 0.25) is 0 Å². The molecule has 0 aliphatic carbocycles. The Bertz CT molecular complexity index is 628. The molecule has 0 spiro atoms. The number of nitrogens with zero attached hydrogens (tertiary/aromatic N) is 4. The van der Waals surface area contributed by atoms with E-state index < -0.39 is 0 Å². The number of aryl methyl sites for hydroxylation is 1. The van der Waals surface area contributed by atoms with Crippen molar-refractivity contribution in [3.8, 4) is 5.75 Å². The smallest absolute Gasteiger partial charge is 0.191 e. The lowest BCUT2D eigenvalue weighted by atomic mass is 10.1. The summed E-state index contributed by atoms with van der Waals surface area (Å²) in [6.07, 6.45) is 2.53. The molecule has 0 aliphatic heterocycles. The molecular formula is C15H23IN6O. The monoisotopic (exact) mass is 430 g/mol. The Morgan fingerprint density at radius 3 is 2.74 bits per heavy atom. The van der Waals surface area contributed by atoms with Gasteiger partial charge in [0.15, 0.2) is 11.8 Å². The van der Waals surface area contributed by atoms with Crippen molar-refractivity contribution >= 4 is 29.9 Å². The molecule has 1 heterocycles. The quantitative estimate of drug-likeness (QED) is 0.411. The lowest BCUT2D eigenvalue weighted by molar-refractivity contribution is 0.409. The molecule has 1 aromatic heterocycles. The molecule has 0 fully saturated rings. The van der Waals surface area contributed by atoms with Crippen LogP contribution in [0.2, 0.25) is 0 Å². The van der Waals surface area contributed by atoms with Gasteiger partial charge >= 0.3 is 0 Å². The maximum Gasteiger partial charge on any atom is 0.191 e. The average molecular weight is 430 g/mol. The molecule has 0 amide bonds. The molecule has 0 atom stereocenters. The summed E-state index contributed by atoms with van der Waals surface area (Å²) in [5.41, 5.74) is 1.17. The molecule has 0 radical (unpaired) electrons. The summed E-state index contributed by atoms with van der Waals surface area (Å²) in [4.78, 5) is 4.20. The standard InChI is InChI=1S/C15H22N6O.HI/c1-16-15(18-10-14-20-19-11-21(14)2)17-9-8-12-6-4-5-7-13(12)22-3;/h4-7,11H,8-10H2,1-3H3,(H2,16,17,18);1H. The largest absolute Gasteiger partial charge is 0.496 e. The summed E-state index contributed by atoms with van der Waals surface area (Å²) >= 11 is 0. The highest BCUT2D eigenvalue weighted by atomic mass is 127. The Morgan fingerprint density at radius 1 is 1.30 bits per heavy atom. The highest BCUT2D eigenvalue weighted by Gasteiger charge is 2.04. The van der Waals surface area contributed by atoms with Crippen molar-refractivity contribution in [2.75, 3.05) is 20.7 Å². The van der Waals surface area contributed by atoms with Crippen LogP contribution in [0.15, 0.2) is 35.6 Å². The van der Waals surface area contributed by atoms with Gasteiger partial charge in [-0.1, -0.05) is 18.2 Å². The average Bonchev–Trinajstić information content (AvgIpc) is 2.96. The summed E-state index contributed by atoms with van der Waals surface area (Å²) in [7, 11) is 5.34. The molecule has 0 aliphatic rings. The van der Waals surface area contributed by atoms with Crippen molar-refractivity contribution in [3.63, 3.8) is 0 Å². The lowest BCUT2D eigenvalue weighted by Gasteiger charge is -2.12. The number of nitrogens with one attached hydrogen (secondary N) is 2. The van der Waals surface area contributed by atoms with Gasteiger partial charge < -0.3 is 19.9 Å². The fourth-order valence-corrected chi connectivity index (χ4v) is 2.08. The molecule has 2 N–H and O–H groups in total. The van der Waals surface area contributed by atoms with E-state index in [1.807, 2.05) is 29.8 Å². The topological polar surface area (TPSA) is 76.4 Å². The molecule has 0 saturated carbocycles. The van der Waals surface area contributed by atoms with E-state index in [-0.39, 0.29) is 24.0 Å². The maximum absolute atomic E-state index is 5.35.